The lowest BCUT2D eigenvalue weighted by atomic mass is 10.1. The summed E-state index contributed by atoms with van der Waals surface area (Å²) in [5.41, 5.74) is 1.64. The molecule has 0 saturated carbocycles. The molecule has 0 spiro atoms. The van der Waals surface area contributed by atoms with Gasteiger partial charge in [0.05, 0.1) is 17.6 Å². The number of benzene rings is 2. The van der Waals surface area contributed by atoms with Crippen molar-refractivity contribution in [3.8, 4) is 0 Å². The second kappa shape index (κ2) is 8.51. The molecule has 1 heterocycles. The number of hydrogen-bond acceptors (Lipinski definition) is 3. The number of furan rings is 1. The molecule has 3 aromatic rings. The lowest BCUT2D eigenvalue weighted by Crippen LogP contribution is -2.16. The van der Waals surface area contributed by atoms with Crippen LogP contribution in [0.15, 0.2) is 65.3 Å². The first-order valence-corrected chi connectivity index (χ1v) is 8.58. The molecule has 3 rings (SSSR count). The van der Waals surface area contributed by atoms with Crippen LogP contribution >= 0.6 is 11.6 Å². The fraction of sp³-hybridized carbons (Fsp3) is 0.100. The SMILES string of the molecule is O=C(CCc1ccc(F)cc1)Nc1ccc(Cl)cc1NC(=O)c1ccco1. The van der Waals surface area contributed by atoms with Crippen LogP contribution in [0, 0.1) is 5.82 Å². The Labute approximate surface area is 160 Å². The average Bonchev–Trinajstić information content (AvgIpc) is 3.18. The molecule has 0 aliphatic rings. The highest BCUT2D eigenvalue weighted by atomic mass is 35.5. The van der Waals surface area contributed by atoms with Gasteiger partial charge >= 0.3 is 0 Å². The lowest BCUT2D eigenvalue weighted by molar-refractivity contribution is -0.116. The molecule has 2 N–H and O–H groups in total. The van der Waals surface area contributed by atoms with Gasteiger partial charge in [-0.2, -0.15) is 0 Å². The van der Waals surface area contributed by atoms with E-state index in [4.69, 9.17) is 16.0 Å². The Hall–Kier alpha value is -3.12. The summed E-state index contributed by atoms with van der Waals surface area (Å²) in [5, 5.41) is 5.83. The van der Waals surface area contributed by atoms with E-state index in [1.807, 2.05) is 0 Å². The molecule has 5 nitrogen and oxygen atoms in total. The van der Waals surface area contributed by atoms with Crippen molar-refractivity contribution in [3.63, 3.8) is 0 Å². The maximum absolute atomic E-state index is 12.9. The normalized spacial score (nSPS) is 10.4. The Morgan fingerprint density at radius 1 is 1.00 bits per heavy atom. The summed E-state index contributed by atoms with van der Waals surface area (Å²) in [5.74, 6) is -0.871. The first-order chi connectivity index (χ1) is 13.0. The van der Waals surface area contributed by atoms with E-state index < -0.39 is 5.91 Å². The number of nitrogens with one attached hydrogen (secondary N) is 2. The van der Waals surface area contributed by atoms with Crippen molar-refractivity contribution in [3.05, 3.63) is 83.0 Å². The molecular weight excluding hydrogens is 371 g/mol. The molecule has 0 aliphatic heterocycles. The van der Waals surface area contributed by atoms with E-state index in [9.17, 15) is 14.0 Å². The number of anilines is 2. The van der Waals surface area contributed by atoms with E-state index in [0.29, 0.717) is 22.8 Å². The molecule has 0 unspecified atom stereocenters. The molecule has 0 radical (unpaired) electrons. The zero-order valence-electron chi connectivity index (χ0n) is 14.2. The number of amides is 2. The third-order valence-electron chi connectivity index (χ3n) is 3.80. The molecule has 27 heavy (non-hydrogen) atoms. The van der Waals surface area contributed by atoms with Crippen LogP contribution in [0.4, 0.5) is 15.8 Å². The Morgan fingerprint density at radius 3 is 2.48 bits per heavy atom. The second-order valence-electron chi connectivity index (χ2n) is 5.80. The van der Waals surface area contributed by atoms with Crippen LogP contribution in [-0.4, -0.2) is 11.8 Å². The van der Waals surface area contributed by atoms with Crippen molar-refractivity contribution in [2.75, 3.05) is 10.6 Å². The standard InChI is InChI=1S/C20H16ClFN2O3/c21-14-6-9-16(17(12-14)24-20(26)18-2-1-11-27-18)23-19(25)10-5-13-3-7-15(22)8-4-13/h1-4,6-9,11-12H,5,10H2,(H,23,25)(H,24,26). The van der Waals surface area contributed by atoms with Gasteiger partial charge in [0.15, 0.2) is 5.76 Å². The number of carbonyl (C=O) groups excluding carboxylic acids is 2. The predicted octanol–water partition coefficient (Wildman–Crippen LogP) is 4.90. The van der Waals surface area contributed by atoms with E-state index in [2.05, 4.69) is 10.6 Å². The minimum Gasteiger partial charge on any atom is -0.459 e. The Bertz CT molecular complexity index is 940. The first kappa shape index (κ1) is 18.7. The second-order valence-corrected chi connectivity index (χ2v) is 6.23. The van der Waals surface area contributed by atoms with E-state index in [1.54, 1.807) is 30.3 Å². The van der Waals surface area contributed by atoms with Crippen LogP contribution in [0.25, 0.3) is 0 Å². The molecule has 1 aromatic heterocycles. The van der Waals surface area contributed by atoms with Crippen molar-refractivity contribution in [2.24, 2.45) is 0 Å². The van der Waals surface area contributed by atoms with Gasteiger partial charge < -0.3 is 15.1 Å². The number of aryl methyl sites for hydroxylation is 1. The van der Waals surface area contributed by atoms with Crippen LogP contribution in [0.2, 0.25) is 5.02 Å². The zero-order valence-corrected chi connectivity index (χ0v) is 14.9. The smallest absolute Gasteiger partial charge is 0.291 e. The van der Waals surface area contributed by atoms with Gasteiger partial charge in [0.1, 0.15) is 5.82 Å². The van der Waals surface area contributed by atoms with E-state index in [0.717, 1.165) is 5.56 Å². The molecule has 0 bridgehead atoms. The lowest BCUT2D eigenvalue weighted by Gasteiger charge is -2.12. The number of rotatable bonds is 6. The summed E-state index contributed by atoms with van der Waals surface area (Å²) in [6.45, 7) is 0. The van der Waals surface area contributed by atoms with Gasteiger partial charge in [0, 0.05) is 11.4 Å². The van der Waals surface area contributed by atoms with Crippen molar-refractivity contribution in [2.45, 2.75) is 12.8 Å². The summed E-state index contributed by atoms with van der Waals surface area (Å²) < 4.78 is 18.0. The number of hydrogen-bond donors (Lipinski definition) is 2. The highest BCUT2D eigenvalue weighted by Crippen LogP contribution is 2.26. The fourth-order valence-corrected chi connectivity index (χ4v) is 2.61. The largest absolute Gasteiger partial charge is 0.459 e. The van der Waals surface area contributed by atoms with Crippen molar-refractivity contribution in [1.29, 1.82) is 0 Å². The molecule has 0 aliphatic carbocycles. The zero-order chi connectivity index (χ0) is 19.2. The molecule has 0 saturated heterocycles. The van der Waals surface area contributed by atoms with Gasteiger partial charge in [0.2, 0.25) is 5.91 Å². The number of carbonyl (C=O) groups is 2. The highest BCUT2D eigenvalue weighted by molar-refractivity contribution is 6.31. The molecule has 138 valence electrons. The van der Waals surface area contributed by atoms with Crippen LogP contribution in [0.1, 0.15) is 22.5 Å². The third-order valence-corrected chi connectivity index (χ3v) is 4.04. The van der Waals surface area contributed by atoms with Crippen LogP contribution in [0.5, 0.6) is 0 Å². The van der Waals surface area contributed by atoms with Crippen molar-refractivity contribution in [1.82, 2.24) is 0 Å². The Kier molecular flexibility index (Phi) is 5.88. The molecule has 7 heteroatoms. The monoisotopic (exact) mass is 386 g/mol. The summed E-state index contributed by atoms with van der Waals surface area (Å²) >= 11 is 6.00. The maximum atomic E-state index is 12.9. The van der Waals surface area contributed by atoms with Gasteiger partial charge in [-0.05, 0) is 54.4 Å². The highest BCUT2D eigenvalue weighted by Gasteiger charge is 2.13. The van der Waals surface area contributed by atoms with Crippen molar-refractivity contribution >= 4 is 34.8 Å². The summed E-state index contributed by atoms with van der Waals surface area (Å²) in [6.07, 6.45) is 2.07. The van der Waals surface area contributed by atoms with Gasteiger partial charge in [0.25, 0.3) is 5.91 Å². The minimum absolute atomic E-state index is 0.142. The maximum Gasteiger partial charge on any atom is 0.291 e. The fourth-order valence-electron chi connectivity index (χ4n) is 2.44. The van der Waals surface area contributed by atoms with Gasteiger partial charge in [-0.25, -0.2) is 4.39 Å². The Morgan fingerprint density at radius 2 is 1.78 bits per heavy atom. The van der Waals surface area contributed by atoms with Crippen molar-refractivity contribution < 1.29 is 18.4 Å². The van der Waals surface area contributed by atoms with Gasteiger partial charge in [-0.15, -0.1) is 0 Å². The van der Waals surface area contributed by atoms with Crippen LogP contribution in [-0.2, 0) is 11.2 Å². The molecular formula is C20H16ClFN2O3. The van der Waals surface area contributed by atoms with E-state index in [-0.39, 0.29) is 23.9 Å². The summed E-state index contributed by atoms with van der Waals surface area (Å²) in [6, 6.07) is 13.9. The average molecular weight is 387 g/mol. The summed E-state index contributed by atoms with van der Waals surface area (Å²) in [4.78, 5) is 24.4. The molecule has 0 atom stereocenters. The summed E-state index contributed by atoms with van der Waals surface area (Å²) in [7, 11) is 0. The molecule has 2 aromatic carbocycles. The van der Waals surface area contributed by atoms with Crippen LogP contribution < -0.4 is 10.6 Å². The first-order valence-electron chi connectivity index (χ1n) is 8.20. The van der Waals surface area contributed by atoms with Gasteiger partial charge in [-0.1, -0.05) is 23.7 Å². The quantitative estimate of drug-likeness (QED) is 0.633. The molecule has 0 fully saturated rings. The minimum atomic E-state index is -0.455. The molecule has 2 amide bonds. The van der Waals surface area contributed by atoms with E-state index >= 15 is 0 Å². The Balaban J connectivity index is 1.65. The number of halogens is 2. The van der Waals surface area contributed by atoms with Crippen LogP contribution in [0.3, 0.4) is 0 Å². The third kappa shape index (κ3) is 5.18. The van der Waals surface area contributed by atoms with Gasteiger partial charge in [-0.3, -0.25) is 9.59 Å². The predicted molar refractivity (Wildman–Crippen MR) is 101 cm³/mol. The topological polar surface area (TPSA) is 71.3 Å². The van der Waals surface area contributed by atoms with E-state index in [1.165, 1.54) is 30.5 Å².